The van der Waals surface area contributed by atoms with Crippen LogP contribution in [0.4, 0.5) is 14.6 Å². The number of carboxylic acids is 1. The van der Waals surface area contributed by atoms with Crippen molar-refractivity contribution in [3.63, 3.8) is 0 Å². The molecule has 0 fully saturated rings. The number of nitrogens with one attached hydrogen (secondary N) is 2. The Morgan fingerprint density at radius 2 is 2.12 bits per heavy atom. The maximum atomic E-state index is 14.1. The number of carboxylic acid groups (broad SMARTS) is 1. The Bertz CT molecular complexity index is 898. The van der Waals surface area contributed by atoms with Gasteiger partial charge in [-0.2, -0.15) is 5.10 Å². The highest BCUT2D eigenvalue weighted by Gasteiger charge is 2.18. The Hall–Kier alpha value is -3.29. The number of pyridine rings is 1. The number of halogens is 2. The Kier molecular flexibility index (Phi) is 4.69. The lowest BCUT2D eigenvalue weighted by atomic mass is 10.1. The quantitative estimate of drug-likeness (QED) is 0.639. The summed E-state index contributed by atoms with van der Waals surface area (Å²) in [7, 11) is 0. The van der Waals surface area contributed by atoms with Gasteiger partial charge < -0.3 is 10.4 Å². The molecule has 3 aromatic rings. The van der Waals surface area contributed by atoms with Gasteiger partial charge in [0.05, 0.1) is 6.20 Å². The monoisotopic (exact) mass is 344 g/mol. The Morgan fingerprint density at radius 3 is 2.80 bits per heavy atom. The second-order valence-electron chi connectivity index (χ2n) is 5.31. The molecule has 0 unspecified atom stereocenters. The van der Waals surface area contributed by atoms with Gasteiger partial charge in [-0.05, 0) is 30.2 Å². The molecule has 0 aliphatic carbocycles. The van der Waals surface area contributed by atoms with Crippen LogP contribution in [0.25, 0.3) is 11.3 Å². The van der Waals surface area contributed by atoms with Gasteiger partial charge in [0.1, 0.15) is 22.9 Å². The maximum Gasteiger partial charge on any atom is 0.339 e. The number of aromatic amines is 1. The van der Waals surface area contributed by atoms with E-state index in [1.165, 1.54) is 24.5 Å². The van der Waals surface area contributed by atoms with E-state index in [0.717, 1.165) is 11.6 Å². The van der Waals surface area contributed by atoms with Crippen LogP contribution in [0.5, 0.6) is 0 Å². The van der Waals surface area contributed by atoms with Crippen molar-refractivity contribution in [2.45, 2.75) is 6.42 Å². The van der Waals surface area contributed by atoms with Gasteiger partial charge >= 0.3 is 5.97 Å². The number of anilines is 1. The van der Waals surface area contributed by atoms with Crippen molar-refractivity contribution < 1.29 is 18.7 Å². The normalized spacial score (nSPS) is 10.6. The highest BCUT2D eigenvalue weighted by atomic mass is 19.1. The number of H-pyrrole nitrogens is 1. The fraction of sp³-hybridized carbons (Fsp3) is 0.118. The fourth-order valence-corrected chi connectivity index (χ4v) is 2.39. The van der Waals surface area contributed by atoms with Crippen LogP contribution in [-0.4, -0.2) is 32.8 Å². The number of benzene rings is 1. The van der Waals surface area contributed by atoms with Gasteiger partial charge in [0.2, 0.25) is 0 Å². The standard InChI is InChI=1S/C17H14F2N4O2/c18-12-3-1-2-10(6-12)4-5-20-16-13(17(24)25)7-14(19)15(23-16)11-8-21-22-9-11/h1-3,6-9H,4-5H2,(H,20,23)(H,21,22)(H,24,25). The summed E-state index contributed by atoms with van der Waals surface area (Å²) in [5.74, 6) is -2.35. The van der Waals surface area contributed by atoms with Crippen molar-refractivity contribution in [3.8, 4) is 11.3 Å². The molecule has 8 heteroatoms. The van der Waals surface area contributed by atoms with E-state index in [1.807, 2.05) is 0 Å². The van der Waals surface area contributed by atoms with Gasteiger partial charge in [0.15, 0.2) is 5.82 Å². The zero-order valence-electron chi connectivity index (χ0n) is 13.0. The SMILES string of the molecule is O=C(O)c1cc(F)c(-c2cn[nH]c2)nc1NCCc1cccc(F)c1. The summed E-state index contributed by atoms with van der Waals surface area (Å²) >= 11 is 0. The smallest absolute Gasteiger partial charge is 0.339 e. The van der Waals surface area contributed by atoms with Gasteiger partial charge in [-0.25, -0.2) is 18.6 Å². The summed E-state index contributed by atoms with van der Waals surface area (Å²) in [4.78, 5) is 15.4. The Morgan fingerprint density at radius 1 is 1.28 bits per heavy atom. The highest BCUT2D eigenvalue weighted by molar-refractivity contribution is 5.93. The third-order valence-electron chi connectivity index (χ3n) is 3.57. The topological polar surface area (TPSA) is 90.9 Å². The van der Waals surface area contributed by atoms with Crippen LogP contribution >= 0.6 is 0 Å². The summed E-state index contributed by atoms with van der Waals surface area (Å²) in [5.41, 5.74) is 0.875. The van der Waals surface area contributed by atoms with E-state index in [9.17, 15) is 18.7 Å². The lowest BCUT2D eigenvalue weighted by molar-refractivity contribution is 0.0697. The molecule has 128 valence electrons. The minimum absolute atomic E-state index is 0.00740. The first-order valence-electron chi connectivity index (χ1n) is 7.46. The van der Waals surface area contributed by atoms with E-state index in [-0.39, 0.29) is 22.9 Å². The van der Waals surface area contributed by atoms with Crippen LogP contribution < -0.4 is 5.32 Å². The summed E-state index contributed by atoms with van der Waals surface area (Å²) < 4.78 is 27.3. The number of hydrogen-bond acceptors (Lipinski definition) is 4. The average molecular weight is 344 g/mol. The molecule has 0 aliphatic rings. The van der Waals surface area contributed by atoms with Crippen molar-refractivity contribution in [2.24, 2.45) is 0 Å². The van der Waals surface area contributed by atoms with Gasteiger partial charge in [-0.15, -0.1) is 0 Å². The minimum atomic E-state index is -1.29. The van der Waals surface area contributed by atoms with Gasteiger partial charge in [0.25, 0.3) is 0 Å². The van der Waals surface area contributed by atoms with E-state index in [1.54, 1.807) is 12.1 Å². The molecule has 0 saturated heterocycles. The summed E-state index contributed by atoms with van der Waals surface area (Å²) in [6, 6.07) is 7.02. The number of carbonyl (C=O) groups is 1. The number of aromatic nitrogens is 3. The maximum absolute atomic E-state index is 14.1. The first-order chi connectivity index (χ1) is 12.0. The zero-order chi connectivity index (χ0) is 17.8. The van der Waals surface area contributed by atoms with E-state index in [2.05, 4.69) is 20.5 Å². The van der Waals surface area contributed by atoms with Crippen molar-refractivity contribution in [1.29, 1.82) is 0 Å². The summed E-state index contributed by atoms with van der Waals surface area (Å²) in [6.45, 7) is 0.313. The van der Waals surface area contributed by atoms with Crippen LogP contribution in [0.15, 0.2) is 42.7 Å². The van der Waals surface area contributed by atoms with Crippen molar-refractivity contribution in [3.05, 3.63) is 65.5 Å². The molecular formula is C17H14F2N4O2. The molecule has 0 saturated carbocycles. The van der Waals surface area contributed by atoms with Crippen molar-refractivity contribution in [1.82, 2.24) is 15.2 Å². The van der Waals surface area contributed by atoms with E-state index >= 15 is 0 Å². The van der Waals surface area contributed by atoms with Crippen LogP contribution in [0.2, 0.25) is 0 Å². The second kappa shape index (κ2) is 7.08. The lowest BCUT2D eigenvalue weighted by Gasteiger charge is -2.11. The summed E-state index contributed by atoms with van der Waals surface area (Å²) in [5, 5.41) is 18.4. The third kappa shape index (κ3) is 3.79. The molecule has 6 nitrogen and oxygen atoms in total. The van der Waals surface area contributed by atoms with E-state index < -0.39 is 11.8 Å². The Labute approximate surface area is 141 Å². The zero-order valence-corrected chi connectivity index (χ0v) is 13.0. The molecule has 0 amide bonds. The minimum Gasteiger partial charge on any atom is -0.478 e. The fourth-order valence-electron chi connectivity index (χ4n) is 2.39. The predicted octanol–water partition coefficient (Wildman–Crippen LogP) is 3.10. The van der Waals surface area contributed by atoms with E-state index in [0.29, 0.717) is 18.5 Å². The molecular weight excluding hydrogens is 330 g/mol. The largest absolute Gasteiger partial charge is 0.478 e. The van der Waals surface area contributed by atoms with Crippen LogP contribution in [0.1, 0.15) is 15.9 Å². The second-order valence-corrected chi connectivity index (χ2v) is 5.31. The van der Waals surface area contributed by atoms with Crippen molar-refractivity contribution in [2.75, 3.05) is 11.9 Å². The molecule has 0 aliphatic heterocycles. The van der Waals surface area contributed by atoms with Gasteiger partial charge in [-0.1, -0.05) is 12.1 Å². The van der Waals surface area contributed by atoms with Gasteiger partial charge in [-0.3, -0.25) is 5.10 Å². The number of rotatable bonds is 6. The number of aromatic carboxylic acids is 1. The van der Waals surface area contributed by atoms with Gasteiger partial charge in [0, 0.05) is 18.3 Å². The number of nitrogens with zero attached hydrogens (tertiary/aromatic N) is 2. The predicted molar refractivity (Wildman–Crippen MR) is 87.3 cm³/mol. The Balaban J connectivity index is 1.83. The molecule has 2 aromatic heterocycles. The first kappa shape index (κ1) is 16.6. The molecule has 3 N–H and O–H groups in total. The molecule has 0 spiro atoms. The average Bonchev–Trinajstić information content (AvgIpc) is 3.10. The molecule has 3 rings (SSSR count). The lowest BCUT2D eigenvalue weighted by Crippen LogP contribution is -2.12. The third-order valence-corrected chi connectivity index (χ3v) is 3.57. The first-order valence-corrected chi connectivity index (χ1v) is 7.46. The molecule has 25 heavy (non-hydrogen) atoms. The molecule has 0 radical (unpaired) electrons. The van der Waals surface area contributed by atoms with E-state index in [4.69, 9.17) is 0 Å². The molecule has 0 bridgehead atoms. The van der Waals surface area contributed by atoms with Crippen LogP contribution in [-0.2, 0) is 6.42 Å². The summed E-state index contributed by atoms with van der Waals surface area (Å²) in [6.07, 6.45) is 3.31. The molecule has 0 atom stereocenters. The van der Waals surface area contributed by atoms with Crippen LogP contribution in [0.3, 0.4) is 0 Å². The molecule has 1 aromatic carbocycles. The number of hydrogen-bond donors (Lipinski definition) is 3. The highest BCUT2D eigenvalue weighted by Crippen LogP contribution is 2.24. The van der Waals surface area contributed by atoms with Crippen LogP contribution in [0, 0.1) is 11.6 Å². The van der Waals surface area contributed by atoms with Crippen molar-refractivity contribution >= 4 is 11.8 Å². The molecule has 2 heterocycles.